The van der Waals surface area contributed by atoms with Crippen molar-refractivity contribution in [3.05, 3.63) is 0 Å². The van der Waals surface area contributed by atoms with Gasteiger partial charge in [-0.15, -0.1) is 0 Å². The minimum atomic E-state index is -5.25. The zero-order valence-corrected chi connectivity index (χ0v) is 10.1. The summed E-state index contributed by atoms with van der Waals surface area (Å²) in [4.78, 5) is 34.7. The van der Waals surface area contributed by atoms with E-state index in [2.05, 4.69) is 4.74 Å². The van der Waals surface area contributed by atoms with E-state index in [0.29, 0.717) is 6.42 Å². The molecule has 0 spiro atoms. The van der Waals surface area contributed by atoms with Crippen molar-refractivity contribution in [2.75, 3.05) is 6.54 Å². The van der Waals surface area contributed by atoms with Gasteiger partial charge in [0.1, 0.15) is 6.04 Å². The lowest BCUT2D eigenvalue weighted by molar-refractivity contribution is -0.203. The summed E-state index contributed by atoms with van der Waals surface area (Å²) in [6.07, 6.45) is -4.68. The van der Waals surface area contributed by atoms with E-state index in [4.69, 9.17) is 5.73 Å². The molecule has 108 valence electrons. The second-order valence-electron chi connectivity index (χ2n) is 4.18. The number of likely N-dealkylation sites (tertiary alicyclic amines) is 1. The van der Waals surface area contributed by atoms with E-state index < -0.39 is 36.1 Å². The van der Waals surface area contributed by atoms with Crippen LogP contribution < -0.4 is 5.73 Å². The smallest absolute Gasteiger partial charge is 0.385 e. The number of carbonyl (C=O) groups is 3. The van der Waals surface area contributed by atoms with Crippen molar-refractivity contribution < 1.29 is 32.3 Å². The number of halogens is 3. The number of nitrogens with two attached hydrogens (primary N) is 1. The molecule has 1 aliphatic rings. The first-order valence-electron chi connectivity index (χ1n) is 5.53. The van der Waals surface area contributed by atoms with E-state index in [1.807, 2.05) is 0 Å². The fraction of sp³-hybridized carbons (Fsp3) is 0.700. The van der Waals surface area contributed by atoms with Gasteiger partial charge in [0, 0.05) is 6.54 Å². The highest BCUT2D eigenvalue weighted by Gasteiger charge is 2.45. The van der Waals surface area contributed by atoms with E-state index >= 15 is 0 Å². The average Bonchev–Trinajstić information content (AvgIpc) is 2.74. The topological polar surface area (TPSA) is 89.7 Å². The Labute approximate surface area is 106 Å². The number of hydrogen-bond donors (Lipinski definition) is 1. The normalized spacial score (nSPS) is 21.1. The van der Waals surface area contributed by atoms with Crippen LogP contribution >= 0.6 is 0 Å². The summed E-state index contributed by atoms with van der Waals surface area (Å²) in [5, 5.41) is 0. The number of amides is 1. The zero-order chi connectivity index (χ0) is 14.8. The SMILES string of the molecule is C[C@H](N)C(=O)N1CCC[C@H]1C(=O)OC(=O)C(F)(F)F. The summed E-state index contributed by atoms with van der Waals surface area (Å²) in [6, 6.07) is -2.07. The van der Waals surface area contributed by atoms with Gasteiger partial charge in [-0.1, -0.05) is 0 Å². The van der Waals surface area contributed by atoms with Crippen LogP contribution in [0.1, 0.15) is 19.8 Å². The van der Waals surface area contributed by atoms with Gasteiger partial charge < -0.3 is 15.4 Å². The van der Waals surface area contributed by atoms with Gasteiger partial charge >= 0.3 is 18.1 Å². The zero-order valence-electron chi connectivity index (χ0n) is 10.1. The van der Waals surface area contributed by atoms with E-state index in [1.165, 1.54) is 6.92 Å². The van der Waals surface area contributed by atoms with E-state index in [-0.39, 0.29) is 13.0 Å². The van der Waals surface area contributed by atoms with Gasteiger partial charge in [0.2, 0.25) is 5.91 Å². The van der Waals surface area contributed by atoms with Crippen molar-refractivity contribution >= 4 is 17.8 Å². The highest BCUT2D eigenvalue weighted by atomic mass is 19.4. The molecule has 0 aromatic rings. The fourth-order valence-corrected chi connectivity index (χ4v) is 1.75. The minimum absolute atomic E-state index is 0.141. The molecule has 1 saturated heterocycles. The Bertz CT molecular complexity index is 395. The molecule has 2 N–H and O–H groups in total. The van der Waals surface area contributed by atoms with Crippen LogP contribution in [0.15, 0.2) is 0 Å². The third-order valence-corrected chi connectivity index (χ3v) is 2.62. The average molecular weight is 282 g/mol. The number of esters is 2. The molecule has 0 unspecified atom stereocenters. The van der Waals surface area contributed by atoms with Crippen LogP contribution in [0.3, 0.4) is 0 Å². The van der Waals surface area contributed by atoms with E-state index in [1.54, 1.807) is 0 Å². The summed E-state index contributed by atoms with van der Waals surface area (Å²) in [7, 11) is 0. The molecule has 19 heavy (non-hydrogen) atoms. The molecule has 6 nitrogen and oxygen atoms in total. The van der Waals surface area contributed by atoms with E-state index in [9.17, 15) is 27.6 Å². The van der Waals surface area contributed by atoms with Gasteiger partial charge in [-0.2, -0.15) is 13.2 Å². The molecule has 0 radical (unpaired) electrons. The first-order valence-corrected chi connectivity index (χ1v) is 5.53. The number of hydrogen-bond acceptors (Lipinski definition) is 5. The van der Waals surface area contributed by atoms with Crippen molar-refractivity contribution in [3.8, 4) is 0 Å². The van der Waals surface area contributed by atoms with Crippen LogP contribution in [0.4, 0.5) is 13.2 Å². The van der Waals surface area contributed by atoms with Crippen molar-refractivity contribution in [1.82, 2.24) is 4.90 Å². The molecule has 0 bridgehead atoms. The van der Waals surface area contributed by atoms with Crippen LogP contribution in [0.25, 0.3) is 0 Å². The lowest BCUT2D eigenvalue weighted by atomic mass is 10.2. The Kier molecular flexibility index (Phi) is 4.51. The van der Waals surface area contributed by atoms with Crippen LogP contribution in [0.2, 0.25) is 0 Å². The minimum Gasteiger partial charge on any atom is -0.385 e. The van der Waals surface area contributed by atoms with E-state index in [0.717, 1.165) is 4.90 Å². The fourth-order valence-electron chi connectivity index (χ4n) is 1.75. The Balaban J connectivity index is 2.71. The molecule has 1 heterocycles. The van der Waals surface area contributed by atoms with Crippen LogP contribution in [0, 0.1) is 0 Å². The molecule has 0 aromatic carbocycles. The molecule has 1 amide bonds. The lowest BCUT2D eigenvalue weighted by Gasteiger charge is -2.24. The number of rotatable bonds is 2. The van der Waals surface area contributed by atoms with Gasteiger partial charge in [0.15, 0.2) is 0 Å². The monoisotopic (exact) mass is 282 g/mol. The maximum absolute atomic E-state index is 12.0. The third-order valence-electron chi connectivity index (χ3n) is 2.62. The molecular weight excluding hydrogens is 269 g/mol. The van der Waals surface area contributed by atoms with Gasteiger partial charge in [0.25, 0.3) is 0 Å². The van der Waals surface area contributed by atoms with Gasteiger partial charge in [0.05, 0.1) is 6.04 Å². The van der Waals surface area contributed by atoms with Crippen LogP contribution in [0.5, 0.6) is 0 Å². The Hall–Kier alpha value is -1.64. The second-order valence-corrected chi connectivity index (χ2v) is 4.18. The summed E-state index contributed by atoms with van der Waals surface area (Å²) < 4.78 is 39.6. The van der Waals surface area contributed by atoms with Gasteiger partial charge in [-0.05, 0) is 19.8 Å². The Morgan fingerprint density at radius 1 is 1.37 bits per heavy atom. The van der Waals surface area contributed by atoms with Crippen molar-refractivity contribution in [2.45, 2.75) is 38.0 Å². The third kappa shape index (κ3) is 3.66. The molecule has 2 atom stereocenters. The highest BCUT2D eigenvalue weighted by Crippen LogP contribution is 2.22. The van der Waals surface area contributed by atoms with Crippen LogP contribution in [-0.4, -0.2) is 47.6 Å². The van der Waals surface area contributed by atoms with Gasteiger partial charge in [-0.3, -0.25) is 4.79 Å². The molecular formula is C10H13F3N2O4. The largest absolute Gasteiger partial charge is 0.491 e. The molecule has 0 aliphatic carbocycles. The first-order chi connectivity index (χ1) is 8.64. The predicted molar refractivity (Wildman–Crippen MR) is 55.5 cm³/mol. The predicted octanol–water partition coefficient (Wildman–Crippen LogP) is -0.0433. The summed E-state index contributed by atoms with van der Waals surface area (Å²) in [6.45, 7) is 1.59. The number of alkyl halides is 3. The molecule has 0 saturated carbocycles. The maximum Gasteiger partial charge on any atom is 0.491 e. The number of nitrogens with zero attached hydrogens (tertiary/aromatic N) is 1. The quantitative estimate of drug-likeness (QED) is 0.567. The van der Waals surface area contributed by atoms with Crippen molar-refractivity contribution in [3.63, 3.8) is 0 Å². The summed E-state index contributed by atoms with van der Waals surface area (Å²) in [5.41, 5.74) is 5.36. The highest BCUT2D eigenvalue weighted by molar-refractivity contribution is 5.94. The standard InChI is InChI=1S/C10H13F3N2O4/c1-5(14)7(16)15-4-2-3-6(15)8(17)19-9(18)10(11,12)13/h5-6H,2-4,14H2,1H3/t5-,6-/m0/s1. The molecule has 9 heteroatoms. The van der Waals surface area contributed by atoms with Crippen molar-refractivity contribution in [2.24, 2.45) is 5.73 Å². The molecule has 0 aromatic heterocycles. The number of ether oxygens (including phenoxy) is 1. The maximum atomic E-state index is 12.0. The molecule has 1 rings (SSSR count). The van der Waals surface area contributed by atoms with Crippen LogP contribution in [-0.2, 0) is 19.1 Å². The Morgan fingerprint density at radius 3 is 2.42 bits per heavy atom. The van der Waals surface area contributed by atoms with Crippen molar-refractivity contribution in [1.29, 1.82) is 0 Å². The lowest BCUT2D eigenvalue weighted by Crippen LogP contribution is -2.48. The Morgan fingerprint density at radius 2 is 1.95 bits per heavy atom. The summed E-state index contributed by atoms with van der Waals surface area (Å²) in [5.74, 6) is -4.54. The second kappa shape index (κ2) is 5.55. The summed E-state index contributed by atoms with van der Waals surface area (Å²) >= 11 is 0. The van der Waals surface area contributed by atoms with Gasteiger partial charge in [-0.25, -0.2) is 9.59 Å². The molecule has 1 fully saturated rings. The number of carbonyl (C=O) groups excluding carboxylic acids is 3. The first kappa shape index (κ1) is 15.4. The molecule has 1 aliphatic heterocycles.